The molecule has 0 amide bonds. The average molecular weight is 434 g/mol. The van der Waals surface area contributed by atoms with E-state index < -0.39 is 0 Å². The summed E-state index contributed by atoms with van der Waals surface area (Å²) >= 11 is 3.28. The third-order valence-electron chi connectivity index (χ3n) is 5.32. The Bertz CT molecular complexity index is 1160. The minimum absolute atomic E-state index is 0.00386. The Labute approximate surface area is 183 Å². The lowest BCUT2D eigenvalue weighted by Gasteiger charge is -2.21. The monoisotopic (exact) mass is 433 g/mol. The normalized spacial score (nSPS) is 16.1. The van der Waals surface area contributed by atoms with Gasteiger partial charge in [-0.2, -0.15) is 5.10 Å². The lowest BCUT2D eigenvalue weighted by Crippen LogP contribution is -2.18. The molecule has 0 N–H and O–H groups in total. The number of thiophene rings is 1. The number of anilines is 1. The number of thiazole rings is 1. The maximum absolute atomic E-state index is 13.5. The number of hydrazone groups is 1. The van der Waals surface area contributed by atoms with Crippen molar-refractivity contribution in [1.29, 1.82) is 0 Å². The van der Waals surface area contributed by atoms with Crippen molar-refractivity contribution in [3.05, 3.63) is 93.2 Å². The van der Waals surface area contributed by atoms with E-state index in [1.54, 1.807) is 22.7 Å². The average Bonchev–Trinajstić information content (AvgIpc) is 3.54. The molecule has 150 valence electrons. The van der Waals surface area contributed by atoms with Crippen LogP contribution < -0.4 is 5.01 Å². The lowest BCUT2D eigenvalue weighted by atomic mass is 10.0. The van der Waals surface area contributed by atoms with Crippen LogP contribution in [0.25, 0.3) is 11.3 Å². The molecule has 3 heterocycles. The van der Waals surface area contributed by atoms with Gasteiger partial charge >= 0.3 is 0 Å². The second-order valence-corrected chi connectivity index (χ2v) is 8.99. The number of aromatic nitrogens is 1. The molecule has 0 spiro atoms. The van der Waals surface area contributed by atoms with Gasteiger partial charge in [0.2, 0.25) is 5.13 Å². The van der Waals surface area contributed by atoms with E-state index in [1.165, 1.54) is 17.7 Å². The minimum atomic E-state index is -0.227. The SMILES string of the molecule is CCc1ccc(-c2csc(N3N=C(c4cccs4)CC3c3ccc(F)cc3)n2)cc1. The lowest BCUT2D eigenvalue weighted by molar-refractivity contribution is 0.624. The third kappa shape index (κ3) is 3.68. The quantitative estimate of drug-likeness (QED) is 0.341. The van der Waals surface area contributed by atoms with Crippen molar-refractivity contribution in [2.24, 2.45) is 5.10 Å². The number of benzene rings is 2. The summed E-state index contributed by atoms with van der Waals surface area (Å²) in [6.45, 7) is 2.15. The molecule has 2 aromatic heterocycles. The number of aryl methyl sites for hydroxylation is 1. The number of hydrogen-bond donors (Lipinski definition) is 0. The second kappa shape index (κ2) is 8.13. The van der Waals surface area contributed by atoms with Crippen LogP contribution in [0.4, 0.5) is 9.52 Å². The van der Waals surface area contributed by atoms with E-state index in [1.807, 2.05) is 23.2 Å². The predicted octanol–water partition coefficient (Wildman–Crippen LogP) is 6.93. The summed E-state index contributed by atoms with van der Waals surface area (Å²) in [4.78, 5) is 6.06. The van der Waals surface area contributed by atoms with Crippen molar-refractivity contribution >= 4 is 33.5 Å². The Morgan fingerprint density at radius 2 is 1.83 bits per heavy atom. The summed E-state index contributed by atoms with van der Waals surface area (Å²) in [6.07, 6.45) is 1.79. The molecule has 0 bridgehead atoms. The molecule has 1 atom stereocenters. The molecule has 2 aromatic carbocycles. The fourth-order valence-corrected chi connectivity index (χ4v) is 5.19. The summed E-state index contributed by atoms with van der Waals surface area (Å²) in [5.41, 5.74) is 5.46. The van der Waals surface area contributed by atoms with Crippen LogP contribution in [0.5, 0.6) is 0 Å². The Balaban J connectivity index is 1.50. The van der Waals surface area contributed by atoms with Gasteiger partial charge in [0, 0.05) is 17.4 Å². The molecule has 5 rings (SSSR count). The standard InChI is InChI=1S/C24H20FN3S2/c1-2-16-5-7-17(8-6-16)21-15-30-24(26-21)28-22(18-9-11-19(25)12-10-18)14-20(27-28)23-4-3-13-29-23/h3-13,15,22H,2,14H2,1H3. The predicted molar refractivity (Wildman–Crippen MR) is 124 cm³/mol. The van der Waals surface area contributed by atoms with E-state index >= 15 is 0 Å². The van der Waals surface area contributed by atoms with Gasteiger partial charge in [-0.1, -0.05) is 49.4 Å². The van der Waals surface area contributed by atoms with Crippen LogP contribution in [0.1, 0.15) is 35.4 Å². The van der Waals surface area contributed by atoms with Crippen LogP contribution in [0.2, 0.25) is 0 Å². The summed E-state index contributed by atoms with van der Waals surface area (Å²) in [7, 11) is 0. The van der Waals surface area contributed by atoms with Crippen LogP contribution in [0.3, 0.4) is 0 Å². The molecule has 6 heteroatoms. The van der Waals surface area contributed by atoms with E-state index in [0.717, 1.165) is 45.4 Å². The molecule has 30 heavy (non-hydrogen) atoms. The largest absolute Gasteiger partial charge is 0.231 e. The molecule has 0 fully saturated rings. The highest BCUT2D eigenvalue weighted by molar-refractivity contribution is 7.14. The van der Waals surface area contributed by atoms with Crippen LogP contribution in [0, 0.1) is 5.82 Å². The maximum Gasteiger partial charge on any atom is 0.207 e. The first kappa shape index (κ1) is 19.2. The van der Waals surface area contributed by atoms with E-state index in [9.17, 15) is 4.39 Å². The molecule has 4 aromatic rings. The fourth-order valence-electron chi connectivity index (χ4n) is 3.64. The van der Waals surface area contributed by atoms with Gasteiger partial charge in [-0.15, -0.1) is 22.7 Å². The maximum atomic E-state index is 13.5. The molecule has 0 saturated heterocycles. The summed E-state index contributed by atoms with van der Waals surface area (Å²) in [5.74, 6) is -0.227. The Morgan fingerprint density at radius 3 is 2.53 bits per heavy atom. The van der Waals surface area contributed by atoms with Gasteiger partial charge in [0.25, 0.3) is 0 Å². The summed E-state index contributed by atoms with van der Waals surface area (Å²) < 4.78 is 13.5. The summed E-state index contributed by atoms with van der Waals surface area (Å²) in [5, 5.41) is 11.9. The van der Waals surface area contributed by atoms with Crippen molar-refractivity contribution in [3.8, 4) is 11.3 Å². The zero-order valence-electron chi connectivity index (χ0n) is 16.5. The first-order valence-corrected chi connectivity index (χ1v) is 11.7. The smallest absolute Gasteiger partial charge is 0.207 e. The van der Waals surface area contributed by atoms with Crippen LogP contribution in [0.15, 0.2) is 76.5 Å². The molecule has 3 nitrogen and oxygen atoms in total. The molecular weight excluding hydrogens is 413 g/mol. The third-order valence-corrected chi connectivity index (χ3v) is 7.07. The van der Waals surface area contributed by atoms with E-state index in [4.69, 9.17) is 10.1 Å². The number of nitrogens with zero attached hydrogens (tertiary/aromatic N) is 3. The highest BCUT2D eigenvalue weighted by Crippen LogP contribution is 2.39. The van der Waals surface area contributed by atoms with Crippen molar-refractivity contribution in [1.82, 2.24) is 4.98 Å². The first-order chi connectivity index (χ1) is 14.7. The zero-order chi connectivity index (χ0) is 20.5. The Hall–Kier alpha value is -2.83. The molecule has 0 saturated carbocycles. The van der Waals surface area contributed by atoms with Crippen LogP contribution in [-0.2, 0) is 6.42 Å². The van der Waals surface area contributed by atoms with Gasteiger partial charge in [0.1, 0.15) is 5.82 Å². The number of rotatable bonds is 5. The number of hydrogen-bond acceptors (Lipinski definition) is 5. The van der Waals surface area contributed by atoms with Crippen molar-refractivity contribution in [2.45, 2.75) is 25.8 Å². The van der Waals surface area contributed by atoms with Crippen molar-refractivity contribution in [3.63, 3.8) is 0 Å². The highest BCUT2D eigenvalue weighted by atomic mass is 32.1. The van der Waals surface area contributed by atoms with Gasteiger partial charge in [-0.25, -0.2) is 14.4 Å². The topological polar surface area (TPSA) is 28.5 Å². The van der Waals surface area contributed by atoms with E-state index in [0.29, 0.717) is 0 Å². The second-order valence-electron chi connectivity index (χ2n) is 7.21. The summed E-state index contributed by atoms with van der Waals surface area (Å²) in [6, 6.07) is 19.4. The van der Waals surface area contributed by atoms with Crippen molar-refractivity contribution in [2.75, 3.05) is 5.01 Å². The van der Waals surface area contributed by atoms with Gasteiger partial charge in [-0.05, 0) is 41.1 Å². The molecule has 0 radical (unpaired) electrons. The molecule has 1 aliphatic rings. The molecule has 0 aliphatic carbocycles. The fraction of sp³-hybridized carbons (Fsp3) is 0.167. The van der Waals surface area contributed by atoms with E-state index in [-0.39, 0.29) is 11.9 Å². The highest BCUT2D eigenvalue weighted by Gasteiger charge is 2.32. The number of halogens is 1. The Kier molecular flexibility index (Phi) is 5.19. The minimum Gasteiger partial charge on any atom is -0.231 e. The molecule has 1 unspecified atom stereocenters. The molecular formula is C24H20FN3S2. The van der Waals surface area contributed by atoms with Gasteiger partial charge in [0.15, 0.2) is 0 Å². The molecule has 1 aliphatic heterocycles. The zero-order valence-corrected chi connectivity index (χ0v) is 18.1. The Morgan fingerprint density at radius 1 is 1.03 bits per heavy atom. The van der Waals surface area contributed by atoms with Crippen LogP contribution in [-0.4, -0.2) is 10.7 Å². The van der Waals surface area contributed by atoms with Gasteiger partial charge in [0.05, 0.1) is 22.3 Å². The van der Waals surface area contributed by atoms with E-state index in [2.05, 4.69) is 48.0 Å². The van der Waals surface area contributed by atoms with Crippen LogP contribution >= 0.6 is 22.7 Å². The van der Waals surface area contributed by atoms with Gasteiger partial charge in [-0.3, -0.25) is 0 Å². The first-order valence-electron chi connectivity index (χ1n) is 9.92. The van der Waals surface area contributed by atoms with Gasteiger partial charge < -0.3 is 0 Å². The van der Waals surface area contributed by atoms with Crippen molar-refractivity contribution < 1.29 is 4.39 Å².